The molecule has 1 aliphatic heterocycles. The van der Waals surface area contributed by atoms with Crippen molar-refractivity contribution in [3.8, 4) is 0 Å². The zero-order valence-electron chi connectivity index (χ0n) is 16.7. The number of dihydropyridines is 1. The van der Waals surface area contributed by atoms with E-state index in [1.807, 2.05) is 30.3 Å². The molecule has 0 fully saturated rings. The molecule has 1 atom stereocenters. The lowest BCUT2D eigenvalue weighted by Gasteiger charge is -2.30. The van der Waals surface area contributed by atoms with Gasteiger partial charge in [0.1, 0.15) is 0 Å². The molecular formula is C22H24N2O4. The average Bonchev–Trinajstić information content (AvgIpc) is 2.65. The van der Waals surface area contributed by atoms with Crippen LogP contribution in [0.15, 0.2) is 59.1 Å². The van der Waals surface area contributed by atoms with E-state index in [4.69, 9.17) is 9.47 Å². The van der Waals surface area contributed by atoms with Crippen molar-refractivity contribution in [3.05, 3.63) is 64.8 Å². The summed E-state index contributed by atoms with van der Waals surface area (Å²) in [6.45, 7) is 7.17. The molecule has 6 heteroatoms. The van der Waals surface area contributed by atoms with Crippen LogP contribution >= 0.6 is 0 Å². The Morgan fingerprint density at radius 1 is 1.04 bits per heavy atom. The minimum atomic E-state index is -0.689. The number of fused-ring (bicyclic) bond motifs is 1. The Bertz CT molecular complexity index is 999. The minimum absolute atomic E-state index is 0.289. The highest BCUT2D eigenvalue weighted by molar-refractivity contribution is 6.01. The van der Waals surface area contributed by atoms with Crippen LogP contribution in [0.3, 0.4) is 0 Å². The molecule has 1 aromatic carbocycles. The fourth-order valence-electron chi connectivity index (χ4n) is 3.57. The van der Waals surface area contributed by atoms with Crippen LogP contribution in [-0.4, -0.2) is 30.1 Å². The Kier molecular flexibility index (Phi) is 5.49. The van der Waals surface area contributed by atoms with E-state index in [-0.39, 0.29) is 6.10 Å². The number of carbonyl (C=O) groups is 2. The molecule has 0 saturated carbocycles. The molecular weight excluding hydrogens is 356 g/mol. The van der Waals surface area contributed by atoms with Crippen LogP contribution in [0, 0.1) is 0 Å². The van der Waals surface area contributed by atoms with Gasteiger partial charge in [0, 0.05) is 23.0 Å². The number of hydrogen-bond donors (Lipinski definition) is 1. The lowest BCUT2D eigenvalue weighted by molar-refractivity contribution is -0.143. The summed E-state index contributed by atoms with van der Waals surface area (Å²) in [5, 5.41) is 4.97. The van der Waals surface area contributed by atoms with Gasteiger partial charge in [-0.25, -0.2) is 9.59 Å². The standard InChI is InChI=1S/C22H24N2O4/c1-12(2)28-22(26)18-14(4)24-13(3)17(21(25)27-5)19(18)20-16-9-7-6-8-15(16)10-11-23-20/h6-12,19,24H,1-5H3. The van der Waals surface area contributed by atoms with Crippen molar-refractivity contribution in [2.24, 2.45) is 0 Å². The van der Waals surface area contributed by atoms with Crippen molar-refractivity contribution >= 4 is 22.7 Å². The molecule has 0 bridgehead atoms. The third kappa shape index (κ3) is 3.50. The minimum Gasteiger partial charge on any atom is -0.466 e. The lowest BCUT2D eigenvalue weighted by atomic mass is 9.81. The third-order valence-corrected chi connectivity index (χ3v) is 4.71. The largest absolute Gasteiger partial charge is 0.466 e. The van der Waals surface area contributed by atoms with Crippen molar-refractivity contribution in [1.82, 2.24) is 10.3 Å². The van der Waals surface area contributed by atoms with Gasteiger partial charge in [0.2, 0.25) is 0 Å². The quantitative estimate of drug-likeness (QED) is 0.817. The van der Waals surface area contributed by atoms with Crippen molar-refractivity contribution in [2.45, 2.75) is 39.7 Å². The molecule has 2 aromatic rings. The summed E-state index contributed by atoms with van der Waals surface area (Å²) in [5.74, 6) is -1.67. The summed E-state index contributed by atoms with van der Waals surface area (Å²) in [4.78, 5) is 30.2. The number of ether oxygens (including phenoxy) is 2. The maximum absolute atomic E-state index is 13.0. The van der Waals surface area contributed by atoms with Gasteiger partial charge in [0.05, 0.1) is 36.0 Å². The zero-order valence-corrected chi connectivity index (χ0v) is 16.7. The molecule has 0 spiro atoms. The summed E-state index contributed by atoms with van der Waals surface area (Å²) < 4.78 is 10.5. The first-order valence-corrected chi connectivity index (χ1v) is 9.16. The first-order chi connectivity index (χ1) is 13.3. The van der Waals surface area contributed by atoms with Crippen LogP contribution in [0.4, 0.5) is 0 Å². The van der Waals surface area contributed by atoms with E-state index in [1.54, 1.807) is 33.9 Å². The highest BCUT2D eigenvalue weighted by atomic mass is 16.5. The van der Waals surface area contributed by atoms with E-state index >= 15 is 0 Å². The van der Waals surface area contributed by atoms with E-state index in [0.29, 0.717) is 28.2 Å². The summed E-state index contributed by atoms with van der Waals surface area (Å²) >= 11 is 0. The maximum Gasteiger partial charge on any atom is 0.337 e. The molecule has 1 aromatic heterocycles. The summed E-state index contributed by atoms with van der Waals surface area (Å²) in [5.41, 5.74) is 2.60. The van der Waals surface area contributed by atoms with Crippen LogP contribution in [0.5, 0.6) is 0 Å². The molecule has 0 aliphatic carbocycles. The number of methoxy groups -OCH3 is 1. The molecule has 28 heavy (non-hydrogen) atoms. The fourth-order valence-corrected chi connectivity index (χ4v) is 3.57. The van der Waals surface area contributed by atoms with Gasteiger partial charge >= 0.3 is 11.9 Å². The van der Waals surface area contributed by atoms with Gasteiger partial charge in [0.15, 0.2) is 0 Å². The van der Waals surface area contributed by atoms with E-state index in [9.17, 15) is 9.59 Å². The second kappa shape index (κ2) is 7.84. The molecule has 3 rings (SSSR count). The zero-order chi connectivity index (χ0) is 20.4. The van der Waals surface area contributed by atoms with Gasteiger partial charge in [-0.05, 0) is 39.1 Å². The second-order valence-corrected chi connectivity index (χ2v) is 7.00. The number of rotatable bonds is 4. The van der Waals surface area contributed by atoms with Crippen LogP contribution in [0.1, 0.15) is 39.3 Å². The van der Waals surface area contributed by atoms with E-state index in [1.165, 1.54) is 7.11 Å². The molecule has 0 amide bonds. The van der Waals surface area contributed by atoms with Gasteiger partial charge in [-0.15, -0.1) is 0 Å². The Hall–Kier alpha value is -3.15. The molecule has 0 saturated heterocycles. The number of esters is 2. The lowest BCUT2D eigenvalue weighted by Crippen LogP contribution is -2.33. The Balaban J connectivity index is 2.28. The molecule has 6 nitrogen and oxygen atoms in total. The van der Waals surface area contributed by atoms with E-state index in [0.717, 1.165) is 10.8 Å². The first-order valence-electron chi connectivity index (χ1n) is 9.16. The number of pyridine rings is 1. The van der Waals surface area contributed by atoms with E-state index in [2.05, 4.69) is 10.3 Å². The molecule has 0 radical (unpaired) electrons. The smallest absolute Gasteiger partial charge is 0.337 e. The Morgan fingerprint density at radius 3 is 2.32 bits per heavy atom. The van der Waals surface area contributed by atoms with Crippen molar-refractivity contribution in [3.63, 3.8) is 0 Å². The van der Waals surface area contributed by atoms with Crippen molar-refractivity contribution in [2.75, 3.05) is 7.11 Å². The number of aromatic nitrogens is 1. The third-order valence-electron chi connectivity index (χ3n) is 4.71. The normalized spacial score (nSPS) is 17.0. The highest BCUT2D eigenvalue weighted by Crippen LogP contribution is 2.40. The van der Waals surface area contributed by atoms with Gasteiger partial charge in [-0.3, -0.25) is 4.98 Å². The number of benzene rings is 1. The molecule has 1 N–H and O–H groups in total. The number of carbonyl (C=O) groups excluding carboxylic acids is 2. The predicted molar refractivity (Wildman–Crippen MR) is 106 cm³/mol. The molecule has 146 valence electrons. The molecule has 2 heterocycles. The van der Waals surface area contributed by atoms with Crippen LogP contribution in [0.2, 0.25) is 0 Å². The predicted octanol–water partition coefficient (Wildman–Crippen LogP) is 3.59. The fraction of sp³-hybridized carbons (Fsp3) is 0.318. The van der Waals surface area contributed by atoms with Gasteiger partial charge < -0.3 is 14.8 Å². The summed E-state index contributed by atoms with van der Waals surface area (Å²) in [6.07, 6.45) is 1.40. The highest BCUT2D eigenvalue weighted by Gasteiger charge is 2.39. The van der Waals surface area contributed by atoms with Gasteiger partial charge in [-0.1, -0.05) is 24.3 Å². The van der Waals surface area contributed by atoms with Crippen LogP contribution < -0.4 is 5.32 Å². The van der Waals surface area contributed by atoms with Crippen LogP contribution in [0.25, 0.3) is 10.8 Å². The van der Waals surface area contributed by atoms with Crippen molar-refractivity contribution < 1.29 is 19.1 Å². The average molecular weight is 380 g/mol. The first kappa shape index (κ1) is 19.6. The van der Waals surface area contributed by atoms with Gasteiger partial charge in [-0.2, -0.15) is 0 Å². The summed E-state index contributed by atoms with van der Waals surface area (Å²) in [7, 11) is 1.33. The Labute approximate surface area is 164 Å². The summed E-state index contributed by atoms with van der Waals surface area (Å²) in [6, 6.07) is 9.65. The van der Waals surface area contributed by atoms with Gasteiger partial charge in [0.25, 0.3) is 0 Å². The number of nitrogens with zero attached hydrogens (tertiary/aromatic N) is 1. The van der Waals surface area contributed by atoms with E-state index < -0.39 is 17.9 Å². The number of allylic oxidation sites excluding steroid dienone is 2. The topological polar surface area (TPSA) is 77.5 Å². The molecule has 1 aliphatic rings. The number of hydrogen-bond acceptors (Lipinski definition) is 6. The SMILES string of the molecule is COC(=O)C1=C(C)NC(C)=C(C(=O)OC(C)C)C1c1nccc2ccccc12. The monoisotopic (exact) mass is 380 g/mol. The van der Waals surface area contributed by atoms with Crippen molar-refractivity contribution in [1.29, 1.82) is 0 Å². The Morgan fingerprint density at radius 2 is 1.68 bits per heavy atom. The molecule has 1 unspecified atom stereocenters. The van der Waals surface area contributed by atoms with Crippen LogP contribution in [-0.2, 0) is 19.1 Å². The number of nitrogens with one attached hydrogen (secondary N) is 1. The maximum atomic E-state index is 13.0. The second-order valence-electron chi connectivity index (χ2n) is 7.00.